The van der Waals surface area contributed by atoms with E-state index in [1.165, 1.54) is 16.5 Å². The van der Waals surface area contributed by atoms with Crippen molar-refractivity contribution in [1.82, 2.24) is 9.88 Å². The number of rotatable bonds is 5. The first-order valence-corrected chi connectivity index (χ1v) is 6.75. The van der Waals surface area contributed by atoms with E-state index in [-0.39, 0.29) is 5.92 Å². The highest BCUT2D eigenvalue weighted by atomic mass is 15.1. The van der Waals surface area contributed by atoms with E-state index in [9.17, 15) is 0 Å². The Hall–Kier alpha value is -1.79. The molecule has 1 heterocycles. The molecule has 0 amide bonds. The Kier molecular flexibility index (Phi) is 4.24. The topological polar surface area (TPSA) is 42.8 Å². The molecule has 0 fully saturated rings. The number of nitrogens with one attached hydrogen (secondary N) is 1. The molecule has 2 rings (SSSR count). The van der Waals surface area contributed by atoms with E-state index in [1.54, 1.807) is 0 Å². The summed E-state index contributed by atoms with van der Waals surface area (Å²) >= 11 is 0. The summed E-state index contributed by atoms with van der Waals surface area (Å²) in [6, 6.07) is 10.7. The molecule has 0 radical (unpaired) electrons. The van der Waals surface area contributed by atoms with Gasteiger partial charge in [0.15, 0.2) is 0 Å². The number of para-hydroxylation sites is 1. The quantitative estimate of drug-likeness (QED) is 0.889. The van der Waals surface area contributed by atoms with Gasteiger partial charge in [0.25, 0.3) is 0 Å². The number of benzene rings is 1. The van der Waals surface area contributed by atoms with E-state index in [2.05, 4.69) is 61.2 Å². The molecule has 0 saturated carbocycles. The molecule has 3 nitrogen and oxygen atoms in total. The smallest absolute Gasteiger partial charge is 0.0672 e. The van der Waals surface area contributed by atoms with Crippen LogP contribution in [0.1, 0.15) is 19.4 Å². The van der Waals surface area contributed by atoms with Gasteiger partial charge in [0, 0.05) is 30.2 Å². The summed E-state index contributed by atoms with van der Waals surface area (Å²) in [6.45, 7) is 5.89. The molecule has 0 aliphatic rings. The van der Waals surface area contributed by atoms with Crippen LogP contribution in [0.15, 0.2) is 30.5 Å². The number of aromatic nitrogens is 1. The average Bonchev–Trinajstić information content (AvgIpc) is 2.79. The minimum atomic E-state index is 0.0928. The molecule has 19 heavy (non-hydrogen) atoms. The number of hydrogen-bond donors (Lipinski definition) is 1. The first-order valence-electron chi connectivity index (χ1n) is 6.75. The number of nitriles is 1. The third-order valence-corrected chi connectivity index (χ3v) is 3.59. The van der Waals surface area contributed by atoms with Crippen LogP contribution in [0.25, 0.3) is 10.9 Å². The summed E-state index contributed by atoms with van der Waals surface area (Å²) in [7, 11) is 2.08. The average molecular weight is 255 g/mol. The Morgan fingerprint density at radius 1 is 1.32 bits per heavy atom. The first-order chi connectivity index (χ1) is 9.11. The summed E-state index contributed by atoms with van der Waals surface area (Å²) in [5, 5.41) is 10.4. The predicted octanol–water partition coefficient (Wildman–Crippen LogP) is 3.40. The van der Waals surface area contributed by atoms with Crippen LogP contribution in [0.2, 0.25) is 0 Å². The molecule has 0 bridgehead atoms. The second-order valence-electron chi connectivity index (χ2n) is 5.54. The third kappa shape index (κ3) is 3.15. The number of hydrogen-bond acceptors (Lipinski definition) is 2. The number of H-pyrrole nitrogens is 1. The minimum absolute atomic E-state index is 0.0928. The van der Waals surface area contributed by atoms with Crippen molar-refractivity contribution < 1.29 is 0 Å². The normalized spacial score (nSPS) is 13.1. The molecule has 1 aromatic heterocycles. The van der Waals surface area contributed by atoms with Crippen molar-refractivity contribution in [3.05, 3.63) is 36.0 Å². The third-order valence-electron chi connectivity index (χ3n) is 3.59. The zero-order valence-electron chi connectivity index (χ0n) is 11.9. The Morgan fingerprint density at radius 3 is 2.74 bits per heavy atom. The SMILES string of the molecule is CC(C)C(C#N)CN(C)Cc1c[nH]c2ccccc12. The summed E-state index contributed by atoms with van der Waals surface area (Å²) in [5.41, 5.74) is 2.46. The van der Waals surface area contributed by atoms with Crippen molar-refractivity contribution in [2.24, 2.45) is 11.8 Å². The van der Waals surface area contributed by atoms with Crippen LogP contribution in [0.4, 0.5) is 0 Å². The highest BCUT2D eigenvalue weighted by molar-refractivity contribution is 5.82. The lowest BCUT2D eigenvalue weighted by molar-refractivity contribution is 0.266. The van der Waals surface area contributed by atoms with Gasteiger partial charge in [-0.05, 0) is 24.6 Å². The first kappa shape index (κ1) is 13.6. The van der Waals surface area contributed by atoms with Crippen molar-refractivity contribution in [2.75, 3.05) is 13.6 Å². The van der Waals surface area contributed by atoms with Gasteiger partial charge in [0.1, 0.15) is 0 Å². The van der Waals surface area contributed by atoms with E-state index in [0.29, 0.717) is 5.92 Å². The maximum atomic E-state index is 9.16. The van der Waals surface area contributed by atoms with Gasteiger partial charge in [-0.15, -0.1) is 0 Å². The van der Waals surface area contributed by atoms with Gasteiger partial charge in [-0.25, -0.2) is 0 Å². The fourth-order valence-corrected chi connectivity index (χ4v) is 2.35. The number of nitrogens with zero attached hydrogens (tertiary/aromatic N) is 2. The molecule has 1 aromatic carbocycles. The lowest BCUT2D eigenvalue weighted by Crippen LogP contribution is -2.27. The summed E-state index contributed by atoms with van der Waals surface area (Å²) < 4.78 is 0. The zero-order valence-corrected chi connectivity index (χ0v) is 11.9. The molecular weight excluding hydrogens is 234 g/mol. The van der Waals surface area contributed by atoms with Gasteiger partial charge in [-0.3, -0.25) is 0 Å². The molecule has 0 aliphatic carbocycles. The fraction of sp³-hybridized carbons (Fsp3) is 0.438. The van der Waals surface area contributed by atoms with Crippen molar-refractivity contribution in [2.45, 2.75) is 20.4 Å². The van der Waals surface area contributed by atoms with Crippen LogP contribution < -0.4 is 0 Å². The maximum Gasteiger partial charge on any atom is 0.0672 e. The molecule has 1 atom stereocenters. The van der Waals surface area contributed by atoms with Crippen molar-refractivity contribution >= 4 is 10.9 Å². The Balaban J connectivity index is 2.07. The van der Waals surface area contributed by atoms with Gasteiger partial charge in [-0.1, -0.05) is 32.0 Å². The van der Waals surface area contributed by atoms with Gasteiger partial charge in [0.05, 0.1) is 12.0 Å². The van der Waals surface area contributed by atoms with Crippen molar-refractivity contribution in [3.8, 4) is 6.07 Å². The standard InChI is InChI=1S/C16H21N3/c1-12(2)13(8-17)10-19(3)11-14-9-18-16-7-5-4-6-15(14)16/h4-7,9,12-13,18H,10-11H2,1-3H3. The van der Waals surface area contributed by atoms with E-state index in [4.69, 9.17) is 5.26 Å². The Bertz CT molecular complexity index is 577. The van der Waals surface area contributed by atoms with Crippen LogP contribution >= 0.6 is 0 Å². The zero-order chi connectivity index (χ0) is 13.8. The highest BCUT2D eigenvalue weighted by Crippen LogP contribution is 2.20. The van der Waals surface area contributed by atoms with Crippen molar-refractivity contribution in [3.63, 3.8) is 0 Å². The maximum absolute atomic E-state index is 9.16. The Labute approximate surface area is 114 Å². The molecule has 1 unspecified atom stereocenters. The van der Waals surface area contributed by atoms with Crippen molar-refractivity contribution in [1.29, 1.82) is 5.26 Å². The highest BCUT2D eigenvalue weighted by Gasteiger charge is 2.15. The fourth-order valence-electron chi connectivity index (χ4n) is 2.35. The second kappa shape index (κ2) is 5.90. The van der Waals surface area contributed by atoms with Gasteiger partial charge in [0.2, 0.25) is 0 Å². The minimum Gasteiger partial charge on any atom is -0.361 e. The predicted molar refractivity (Wildman–Crippen MR) is 78.6 cm³/mol. The number of aromatic amines is 1. The molecule has 0 aliphatic heterocycles. The lowest BCUT2D eigenvalue weighted by atomic mass is 9.97. The summed E-state index contributed by atoms with van der Waals surface area (Å²) in [4.78, 5) is 5.52. The lowest BCUT2D eigenvalue weighted by Gasteiger charge is -2.21. The van der Waals surface area contributed by atoms with E-state index < -0.39 is 0 Å². The van der Waals surface area contributed by atoms with E-state index in [0.717, 1.165) is 13.1 Å². The summed E-state index contributed by atoms with van der Waals surface area (Å²) in [6.07, 6.45) is 2.07. The van der Waals surface area contributed by atoms with Gasteiger partial charge in [-0.2, -0.15) is 5.26 Å². The molecule has 100 valence electrons. The molecule has 0 spiro atoms. The molecule has 0 saturated heterocycles. The monoisotopic (exact) mass is 255 g/mol. The molecule has 3 heteroatoms. The van der Waals surface area contributed by atoms with Gasteiger partial charge < -0.3 is 9.88 Å². The van der Waals surface area contributed by atoms with Crippen LogP contribution in [0, 0.1) is 23.2 Å². The van der Waals surface area contributed by atoms with E-state index in [1.807, 2.05) is 6.07 Å². The largest absolute Gasteiger partial charge is 0.361 e. The number of fused-ring (bicyclic) bond motifs is 1. The van der Waals surface area contributed by atoms with Crippen LogP contribution in [-0.2, 0) is 6.54 Å². The van der Waals surface area contributed by atoms with Crippen LogP contribution in [-0.4, -0.2) is 23.5 Å². The van der Waals surface area contributed by atoms with Crippen LogP contribution in [0.5, 0.6) is 0 Å². The Morgan fingerprint density at radius 2 is 2.05 bits per heavy atom. The second-order valence-corrected chi connectivity index (χ2v) is 5.54. The molecule has 1 N–H and O–H groups in total. The molecular formula is C16H21N3. The van der Waals surface area contributed by atoms with Gasteiger partial charge >= 0.3 is 0 Å². The van der Waals surface area contributed by atoms with Crippen LogP contribution in [0.3, 0.4) is 0 Å². The molecule has 2 aromatic rings. The van der Waals surface area contributed by atoms with E-state index >= 15 is 0 Å². The summed E-state index contributed by atoms with van der Waals surface area (Å²) in [5.74, 6) is 0.491.